The van der Waals surface area contributed by atoms with Gasteiger partial charge in [-0.25, -0.2) is 0 Å². The first-order chi connectivity index (χ1) is 12.6. The summed E-state index contributed by atoms with van der Waals surface area (Å²) >= 11 is 0. The molecule has 1 saturated carbocycles. The first-order valence-corrected chi connectivity index (χ1v) is 10.4. The van der Waals surface area contributed by atoms with Gasteiger partial charge in [-0.3, -0.25) is 4.79 Å². The second-order valence-corrected chi connectivity index (χ2v) is 9.17. The predicted octanol–water partition coefficient (Wildman–Crippen LogP) is 3.81. The van der Waals surface area contributed by atoms with Gasteiger partial charge in [-0.05, 0) is 74.1 Å². The number of carbonyl (C=O) groups is 1. The minimum Gasteiger partial charge on any atom is -0.349 e. The molecule has 1 aromatic carbocycles. The molecule has 26 heavy (non-hydrogen) atoms. The van der Waals surface area contributed by atoms with Crippen LogP contribution in [-0.4, -0.2) is 30.4 Å². The fraction of sp³-hybridized carbons (Fsp3) is 0.609. The number of rotatable bonds is 3. The fourth-order valence-electron chi connectivity index (χ4n) is 6.34. The van der Waals surface area contributed by atoms with Crippen LogP contribution in [0.3, 0.4) is 0 Å². The lowest BCUT2D eigenvalue weighted by atomic mass is 9.73. The van der Waals surface area contributed by atoms with Crippen molar-refractivity contribution < 1.29 is 4.79 Å². The summed E-state index contributed by atoms with van der Waals surface area (Å²) in [6.45, 7) is 5.34. The molecule has 3 aliphatic carbocycles. The zero-order valence-electron chi connectivity index (χ0n) is 15.8. The molecule has 1 spiro atoms. The molecule has 4 aliphatic rings. The third kappa shape index (κ3) is 2.72. The normalized spacial score (nSPS) is 34.3. The lowest BCUT2D eigenvalue weighted by molar-refractivity contribution is -0.119. The van der Waals surface area contributed by atoms with Crippen LogP contribution in [0.15, 0.2) is 36.4 Å². The van der Waals surface area contributed by atoms with Crippen LogP contribution >= 0.6 is 0 Å². The highest BCUT2D eigenvalue weighted by atomic mass is 16.1. The van der Waals surface area contributed by atoms with Gasteiger partial charge in [0.25, 0.3) is 0 Å². The van der Waals surface area contributed by atoms with E-state index < -0.39 is 0 Å². The molecule has 1 saturated heterocycles. The third-order valence-corrected chi connectivity index (χ3v) is 7.60. The monoisotopic (exact) mass is 350 g/mol. The summed E-state index contributed by atoms with van der Waals surface area (Å²) in [5.74, 6) is 2.71. The Morgan fingerprint density at radius 2 is 2.00 bits per heavy atom. The average Bonchev–Trinajstić information content (AvgIpc) is 3.32. The molecule has 1 N–H and O–H groups in total. The second kappa shape index (κ2) is 6.23. The summed E-state index contributed by atoms with van der Waals surface area (Å²) in [7, 11) is 0. The molecular formula is C23H30N2O. The molecule has 2 bridgehead atoms. The minimum atomic E-state index is 0.0867. The van der Waals surface area contributed by atoms with Crippen LogP contribution in [0.5, 0.6) is 0 Å². The summed E-state index contributed by atoms with van der Waals surface area (Å²) in [5.41, 5.74) is 3.13. The Morgan fingerprint density at radius 1 is 1.19 bits per heavy atom. The highest BCUT2D eigenvalue weighted by Gasteiger charge is 2.46. The summed E-state index contributed by atoms with van der Waals surface area (Å²) in [5, 5.41) is 3.20. The highest BCUT2D eigenvalue weighted by molar-refractivity contribution is 5.73. The molecule has 0 aromatic heterocycles. The van der Waals surface area contributed by atoms with Gasteiger partial charge in [0, 0.05) is 18.9 Å². The molecule has 1 heterocycles. The summed E-state index contributed by atoms with van der Waals surface area (Å²) < 4.78 is 0. The van der Waals surface area contributed by atoms with E-state index in [9.17, 15) is 4.79 Å². The lowest BCUT2D eigenvalue weighted by Gasteiger charge is -2.41. The van der Waals surface area contributed by atoms with Crippen molar-refractivity contribution in [2.45, 2.75) is 50.5 Å². The van der Waals surface area contributed by atoms with Gasteiger partial charge in [-0.15, -0.1) is 0 Å². The summed E-state index contributed by atoms with van der Waals surface area (Å²) in [4.78, 5) is 14.4. The Bertz CT molecular complexity index is 731. The van der Waals surface area contributed by atoms with Crippen molar-refractivity contribution in [3.63, 3.8) is 0 Å². The molecular weight excluding hydrogens is 320 g/mol. The van der Waals surface area contributed by atoms with E-state index in [2.05, 4.69) is 46.6 Å². The van der Waals surface area contributed by atoms with Crippen molar-refractivity contribution in [2.24, 2.45) is 17.8 Å². The van der Waals surface area contributed by atoms with E-state index in [1.807, 2.05) is 0 Å². The zero-order valence-corrected chi connectivity index (χ0v) is 15.8. The van der Waals surface area contributed by atoms with Gasteiger partial charge in [0.15, 0.2) is 0 Å². The number of hydrogen-bond donors (Lipinski definition) is 1. The van der Waals surface area contributed by atoms with Gasteiger partial charge in [-0.2, -0.15) is 0 Å². The van der Waals surface area contributed by atoms with Crippen molar-refractivity contribution in [1.29, 1.82) is 0 Å². The molecule has 0 radical (unpaired) electrons. The molecule has 4 atom stereocenters. The molecule has 1 aromatic rings. The number of piperidine rings is 1. The molecule has 5 rings (SSSR count). The lowest BCUT2D eigenvalue weighted by Crippen LogP contribution is -2.44. The molecule has 1 aliphatic heterocycles. The number of carbonyl (C=O) groups excluding carboxylic acids is 1. The van der Waals surface area contributed by atoms with Gasteiger partial charge < -0.3 is 10.2 Å². The van der Waals surface area contributed by atoms with Crippen molar-refractivity contribution in [3.8, 4) is 0 Å². The Kier molecular flexibility index (Phi) is 3.97. The molecule has 1 unspecified atom stereocenters. The quantitative estimate of drug-likeness (QED) is 0.841. The Balaban J connectivity index is 1.28. The third-order valence-electron chi connectivity index (χ3n) is 7.60. The van der Waals surface area contributed by atoms with E-state index in [4.69, 9.17) is 0 Å². The van der Waals surface area contributed by atoms with Gasteiger partial charge >= 0.3 is 0 Å². The van der Waals surface area contributed by atoms with Crippen molar-refractivity contribution in [1.82, 2.24) is 10.2 Å². The zero-order chi connectivity index (χ0) is 17.7. The van der Waals surface area contributed by atoms with Crippen LogP contribution in [0.1, 0.15) is 56.2 Å². The van der Waals surface area contributed by atoms with Crippen LogP contribution in [0.2, 0.25) is 0 Å². The second-order valence-electron chi connectivity index (χ2n) is 9.17. The number of benzene rings is 1. The van der Waals surface area contributed by atoms with Gasteiger partial charge in [0.05, 0.1) is 6.04 Å². The number of fused-ring (bicyclic) bond motifs is 4. The van der Waals surface area contributed by atoms with E-state index in [1.54, 1.807) is 6.92 Å². The van der Waals surface area contributed by atoms with Crippen molar-refractivity contribution >= 4 is 5.91 Å². The first kappa shape index (κ1) is 16.6. The van der Waals surface area contributed by atoms with Crippen molar-refractivity contribution in [3.05, 3.63) is 47.5 Å². The highest BCUT2D eigenvalue weighted by Crippen LogP contribution is 2.51. The molecule has 2 fully saturated rings. The van der Waals surface area contributed by atoms with Gasteiger partial charge in [0.1, 0.15) is 0 Å². The Labute approximate surface area is 156 Å². The maximum absolute atomic E-state index is 11.7. The number of hydrogen-bond acceptors (Lipinski definition) is 2. The van der Waals surface area contributed by atoms with Gasteiger partial charge in [0.2, 0.25) is 5.91 Å². The molecule has 138 valence electrons. The smallest absolute Gasteiger partial charge is 0.217 e. The SMILES string of the molecule is CC(=O)NC1CC2(CCN(C[C@@H]3C[C@H]4C=C[C@H]3C4)CC2)c2ccccc21. The van der Waals surface area contributed by atoms with Crippen LogP contribution in [-0.2, 0) is 10.2 Å². The largest absolute Gasteiger partial charge is 0.349 e. The number of nitrogens with zero attached hydrogens (tertiary/aromatic N) is 1. The Hall–Kier alpha value is -1.61. The maximum Gasteiger partial charge on any atom is 0.217 e. The van der Waals surface area contributed by atoms with Crippen LogP contribution in [0.25, 0.3) is 0 Å². The number of likely N-dealkylation sites (tertiary alicyclic amines) is 1. The van der Waals surface area contributed by atoms with E-state index >= 15 is 0 Å². The molecule has 3 heteroatoms. The van der Waals surface area contributed by atoms with E-state index in [0.29, 0.717) is 0 Å². The van der Waals surface area contributed by atoms with Crippen LogP contribution in [0, 0.1) is 17.8 Å². The van der Waals surface area contributed by atoms with Crippen LogP contribution < -0.4 is 5.32 Å². The standard InChI is InChI=1S/C23H30N2O/c1-16(26)24-22-14-23(21-5-3-2-4-20(21)22)8-10-25(11-9-23)15-19-13-17-6-7-18(19)12-17/h2-7,17-19,22H,8-15H2,1H3,(H,24,26)/t17-,18-,19-,22?/m0/s1. The number of allylic oxidation sites excluding steroid dienone is 2. The average molecular weight is 351 g/mol. The van der Waals surface area contributed by atoms with E-state index in [0.717, 1.165) is 24.2 Å². The van der Waals surface area contributed by atoms with Crippen molar-refractivity contribution in [2.75, 3.05) is 19.6 Å². The fourth-order valence-corrected chi connectivity index (χ4v) is 6.34. The summed E-state index contributed by atoms with van der Waals surface area (Å²) in [6, 6.07) is 9.02. The first-order valence-electron chi connectivity index (χ1n) is 10.4. The molecule has 1 amide bonds. The predicted molar refractivity (Wildman–Crippen MR) is 104 cm³/mol. The number of amides is 1. The van der Waals surface area contributed by atoms with E-state index in [1.165, 1.54) is 56.4 Å². The topological polar surface area (TPSA) is 32.3 Å². The molecule has 3 nitrogen and oxygen atoms in total. The van der Waals surface area contributed by atoms with Gasteiger partial charge in [-0.1, -0.05) is 36.4 Å². The Morgan fingerprint density at radius 3 is 2.69 bits per heavy atom. The van der Waals surface area contributed by atoms with Crippen LogP contribution in [0.4, 0.5) is 0 Å². The summed E-state index contributed by atoms with van der Waals surface area (Å²) in [6.07, 6.45) is 11.3. The van der Waals surface area contributed by atoms with E-state index in [-0.39, 0.29) is 17.4 Å². The number of nitrogens with one attached hydrogen (secondary N) is 1. The minimum absolute atomic E-state index is 0.0867. The maximum atomic E-state index is 11.7.